The Kier molecular flexibility index (Phi) is 5.53. The average molecular weight is 399 g/mol. The van der Waals surface area contributed by atoms with Gasteiger partial charge in [-0.15, -0.1) is 0 Å². The molecule has 0 aliphatic rings. The van der Waals surface area contributed by atoms with Gasteiger partial charge >= 0.3 is 0 Å². The largest absolute Gasteiger partial charge is 0.380 e. The molecule has 0 aliphatic heterocycles. The highest BCUT2D eigenvalue weighted by Gasteiger charge is 2.15. The van der Waals surface area contributed by atoms with E-state index in [1.54, 1.807) is 25.3 Å². The van der Waals surface area contributed by atoms with Crippen LogP contribution in [0.4, 0.5) is 5.69 Å². The van der Waals surface area contributed by atoms with Crippen LogP contribution in [0.2, 0.25) is 0 Å². The van der Waals surface area contributed by atoms with Crippen molar-refractivity contribution in [3.63, 3.8) is 0 Å². The maximum absolute atomic E-state index is 12.4. The van der Waals surface area contributed by atoms with Crippen LogP contribution in [0.25, 0.3) is 0 Å². The van der Waals surface area contributed by atoms with Gasteiger partial charge in [-0.05, 0) is 51.8 Å². The number of anilines is 1. The summed E-state index contributed by atoms with van der Waals surface area (Å²) in [7, 11) is -2.30. The van der Waals surface area contributed by atoms with Gasteiger partial charge in [0.2, 0.25) is 10.0 Å². The van der Waals surface area contributed by atoms with Crippen LogP contribution in [0.1, 0.15) is 15.9 Å². The number of sulfonamides is 1. The number of benzene rings is 2. The van der Waals surface area contributed by atoms with Gasteiger partial charge in [-0.3, -0.25) is 4.79 Å². The van der Waals surface area contributed by atoms with Crippen LogP contribution in [0.15, 0.2) is 51.8 Å². The predicted molar refractivity (Wildman–Crippen MR) is 90.6 cm³/mol. The van der Waals surface area contributed by atoms with Gasteiger partial charge in [0.05, 0.1) is 17.1 Å². The summed E-state index contributed by atoms with van der Waals surface area (Å²) in [4.78, 5) is 12.2. The van der Waals surface area contributed by atoms with Crippen LogP contribution < -0.4 is 10.5 Å². The van der Waals surface area contributed by atoms with E-state index < -0.39 is 15.9 Å². The number of ether oxygens (including phenoxy) is 1. The fraction of sp³-hybridized carbons (Fsp3) is 0.133. The number of rotatable bonds is 5. The number of carbonyl (C=O) groups excluding carboxylic acids is 1. The highest BCUT2D eigenvalue weighted by atomic mass is 79.9. The van der Waals surface area contributed by atoms with Crippen LogP contribution in [0.3, 0.4) is 0 Å². The van der Waals surface area contributed by atoms with Crippen molar-refractivity contribution < 1.29 is 17.9 Å². The smallest absolute Gasteiger partial charge is 0.256 e. The third-order valence-corrected chi connectivity index (χ3v) is 4.61. The van der Waals surface area contributed by atoms with Crippen molar-refractivity contribution >= 4 is 37.5 Å². The number of amides is 1. The molecule has 3 N–H and O–H groups in total. The first-order valence-corrected chi connectivity index (χ1v) is 8.87. The van der Waals surface area contributed by atoms with Crippen LogP contribution in [0.5, 0.6) is 0 Å². The summed E-state index contributed by atoms with van der Waals surface area (Å²) in [6, 6.07) is 11.2. The van der Waals surface area contributed by atoms with Gasteiger partial charge in [-0.25, -0.2) is 13.6 Å². The normalized spacial score (nSPS) is 11.3. The van der Waals surface area contributed by atoms with Gasteiger partial charge in [0, 0.05) is 17.3 Å². The van der Waals surface area contributed by atoms with E-state index in [1.165, 1.54) is 18.2 Å². The summed E-state index contributed by atoms with van der Waals surface area (Å²) in [6.07, 6.45) is 0. The molecule has 0 atom stereocenters. The highest BCUT2D eigenvalue weighted by Crippen LogP contribution is 2.22. The number of hydrogen-bond acceptors (Lipinski definition) is 4. The molecule has 6 nitrogen and oxygen atoms in total. The second kappa shape index (κ2) is 7.22. The predicted octanol–water partition coefficient (Wildman–Crippen LogP) is 2.50. The van der Waals surface area contributed by atoms with Crippen LogP contribution >= 0.6 is 15.9 Å². The zero-order valence-electron chi connectivity index (χ0n) is 12.2. The summed E-state index contributed by atoms with van der Waals surface area (Å²) in [6.45, 7) is 0.425. The molecule has 0 heterocycles. The van der Waals surface area contributed by atoms with E-state index in [1.807, 2.05) is 6.07 Å². The lowest BCUT2D eigenvalue weighted by molar-refractivity contribution is 0.102. The topological polar surface area (TPSA) is 98.5 Å². The number of halogens is 1. The number of carbonyl (C=O) groups is 1. The zero-order valence-corrected chi connectivity index (χ0v) is 14.6. The average Bonchev–Trinajstić information content (AvgIpc) is 2.47. The summed E-state index contributed by atoms with van der Waals surface area (Å²) in [5, 5.41) is 7.81. The Morgan fingerprint density at radius 3 is 2.65 bits per heavy atom. The number of primary sulfonamides is 1. The molecule has 2 aromatic rings. The Hall–Kier alpha value is -1.74. The van der Waals surface area contributed by atoms with Gasteiger partial charge in [0.15, 0.2) is 0 Å². The first-order valence-electron chi connectivity index (χ1n) is 6.53. The molecular formula is C15H15BrN2O4S. The number of hydrogen-bond donors (Lipinski definition) is 2. The van der Waals surface area contributed by atoms with Crippen molar-refractivity contribution in [3.05, 3.63) is 58.1 Å². The first-order chi connectivity index (χ1) is 10.8. The van der Waals surface area contributed by atoms with E-state index in [4.69, 9.17) is 9.88 Å². The van der Waals surface area contributed by atoms with Gasteiger partial charge in [0.1, 0.15) is 0 Å². The van der Waals surface area contributed by atoms with E-state index in [0.717, 1.165) is 5.56 Å². The SMILES string of the molecule is COCc1cccc(NC(=O)c2cc(S(N)(=O)=O)ccc2Br)c1. The Morgan fingerprint density at radius 1 is 1.26 bits per heavy atom. The van der Waals surface area contributed by atoms with Crippen LogP contribution in [-0.2, 0) is 21.4 Å². The molecule has 0 bridgehead atoms. The van der Waals surface area contributed by atoms with E-state index in [9.17, 15) is 13.2 Å². The molecule has 0 saturated heterocycles. The number of nitrogens with two attached hydrogens (primary N) is 1. The molecule has 0 aliphatic carbocycles. The van der Waals surface area contributed by atoms with Crippen LogP contribution in [0, 0.1) is 0 Å². The minimum absolute atomic E-state index is 0.126. The maximum Gasteiger partial charge on any atom is 0.256 e. The molecule has 0 radical (unpaired) electrons. The van der Waals surface area contributed by atoms with E-state index in [0.29, 0.717) is 16.8 Å². The van der Waals surface area contributed by atoms with E-state index in [2.05, 4.69) is 21.2 Å². The lowest BCUT2D eigenvalue weighted by atomic mass is 10.2. The summed E-state index contributed by atoms with van der Waals surface area (Å²) >= 11 is 3.23. The molecule has 8 heteroatoms. The standard InChI is InChI=1S/C15H15BrN2O4S/c1-22-9-10-3-2-4-11(7-10)18-15(19)13-8-12(23(17,20)21)5-6-14(13)16/h2-8H,9H2,1H3,(H,18,19)(H2,17,20,21). The quantitative estimate of drug-likeness (QED) is 0.807. The molecule has 0 aromatic heterocycles. The third kappa shape index (κ3) is 4.61. The Balaban J connectivity index is 2.29. The molecular weight excluding hydrogens is 384 g/mol. The fourth-order valence-electron chi connectivity index (χ4n) is 1.96. The minimum atomic E-state index is -3.88. The second-order valence-electron chi connectivity index (χ2n) is 4.77. The molecule has 2 rings (SSSR count). The molecule has 0 saturated carbocycles. The lowest BCUT2D eigenvalue weighted by Gasteiger charge is -2.09. The van der Waals surface area contributed by atoms with Gasteiger partial charge < -0.3 is 10.1 Å². The monoisotopic (exact) mass is 398 g/mol. The Bertz CT molecular complexity index is 837. The van der Waals surface area contributed by atoms with Crippen molar-refractivity contribution in [2.45, 2.75) is 11.5 Å². The van der Waals surface area contributed by atoms with Gasteiger partial charge in [-0.1, -0.05) is 12.1 Å². The van der Waals surface area contributed by atoms with Crippen molar-refractivity contribution in [1.82, 2.24) is 0 Å². The zero-order chi connectivity index (χ0) is 17.0. The number of methoxy groups -OCH3 is 1. The van der Waals surface area contributed by atoms with Gasteiger partial charge in [0.25, 0.3) is 5.91 Å². The molecule has 1 amide bonds. The molecule has 0 unspecified atom stereocenters. The van der Waals surface area contributed by atoms with Gasteiger partial charge in [-0.2, -0.15) is 0 Å². The molecule has 2 aromatic carbocycles. The lowest BCUT2D eigenvalue weighted by Crippen LogP contribution is -2.16. The molecule has 23 heavy (non-hydrogen) atoms. The summed E-state index contributed by atoms with van der Waals surface area (Å²) < 4.78 is 28.3. The van der Waals surface area contributed by atoms with E-state index in [-0.39, 0.29) is 10.5 Å². The Labute approximate surface area is 142 Å². The summed E-state index contributed by atoms with van der Waals surface area (Å²) in [5.74, 6) is -0.447. The second-order valence-corrected chi connectivity index (χ2v) is 7.19. The Morgan fingerprint density at radius 2 is 2.00 bits per heavy atom. The van der Waals surface area contributed by atoms with Crippen LogP contribution in [-0.4, -0.2) is 21.4 Å². The third-order valence-electron chi connectivity index (χ3n) is 3.01. The maximum atomic E-state index is 12.4. The highest BCUT2D eigenvalue weighted by molar-refractivity contribution is 9.10. The molecule has 0 spiro atoms. The first kappa shape index (κ1) is 17.6. The minimum Gasteiger partial charge on any atom is -0.380 e. The van der Waals surface area contributed by atoms with Crippen molar-refractivity contribution in [3.8, 4) is 0 Å². The van der Waals surface area contributed by atoms with Crippen molar-refractivity contribution in [1.29, 1.82) is 0 Å². The summed E-state index contributed by atoms with van der Waals surface area (Å²) in [5.41, 5.74) is 1.66. The number of nitrogens with one attached hydrogen (secondary N) is 1. The van der Waals surface area contributed by atoms with Crippen molar-refractivity contribution in [2.75, 3.05) is 12.4 Å². The van der Waals surface area contributed by atoms with E-state index >= 15 is 0 Å². The van der Waals surface area contributed by atoms with Crippen molar-refractivity contribution in [2.24, 2.45) is 5.14 Å². The molecule has 122 valence electrons. The fourth-order valence-corrected chi connectivity index (χ4v) is 2.93. The molecule has 0 fully saturated rings.